The number of carbonyl (C=O) groups is 1. The average Bonchev–Trinajstić information content (AvgIpc) is 3.07. The van der Waals surface area contributed by atoms with Crippen LogP contribution in [-0.4, -0.2) is 39.0 Å². The molecule has 34 heavy (non-hydrogen) atoms. The summed E-state index contributed by atoms with van der Waals surface area (Å²) in [5.74, 6) is -0.961. The van der Waals surface area contributed by atoms with E-state index in [4.69, 9.17) is 15.9 Å². The predicted molar refractivity (Wildman–Crippen MR) is 122 cm³/mol. The average molecular weight is 474 g/mol. The van der Waals surface area contributed by atoms with Crippen molar-refractivity contribution in [1.29, 1.82) is 5.41 Å². The van der Waals surface area contributed by atoms with Gasteiger partial charge in [-0.15, -0.1) is 0 Å². The van der Waals surface area contributed by atoms with Crippen LogP contribution in [0.5, 0.6) is 5.88 Å². The fraction of sp³-hybridized carbons (Fsp3) is 0.304. The molecule has 0 aliphatic carbocycles. The number of alkyl halides is 3. The molecule has 1 atom stereocenters. The fourth-order valence-corrected chi connectivity index (χ4v) is 3.78. The number of pyridine rings is 1. The van der Waals surface area contributed by atoms with E-state index in [0.717, 1.165) is 6.07 Å². The molecule has 2 aromatic heterocycles. The lowest BCUT2D eigenvalue weighted by molar-refractivity contribution is -0.136. The van der Waals surface area contributed by atoms with Crippen LogP contribution >= 0.6 is 0 Å². The maximum Gasteiger partial charge on any atom is 0.417 e. The van der Waals surface area contributed by atoms with Gasteiger partial charge in [-0.05, 0) is 20.8 Å². The zero-order valence-corrected chi connectivity index (χ0v) is 19.1. The molecule has 4 N–H and O–H groups in total. The summed E-state index contributed by atoms with van der Waals surface area (Å²) in [6.45, 7) is 4.23. The van der Waals surface area contributed by atoms with Crippen molar-refractivity contribution < 1.29 is 22.7 Å². The molecule has 2 heterocycles. The zero-order valence-electron chi connectivity index (χ0n) is 19.1. The molecular formula is C23H25F3N6O2. The lowest BCUT2D eigenvalue weighted by Gasteiger charge is -2.19. The number of allylic oxidation sites excluding steroid dienone is 1. The van der Waals surface area contributed by atoms with Crippen LogP contribution in [0.1, 0.15) is 26.3 Å². The molecular weight excluding hydrogens is 449 g/mol. The van der Waals surface area contributed by atoms with Gasteiger partial charge in [0.15, 0.2) is 12.3 Å². The number of hydrogen-bond acceptors (Lipinski definition) is 6. The number of halogens is 3. The van der Waals surface area contributed by atoms with Crippen molar-refractivity contribution in [2.24, 2.45) is 12.8 Å². The monoisotopic (exact) mass is 474 g/mol. The van der Waals surface area contributed by atoms with Crippen molar-refractivity contribution in [2.75, 3.05) is 6.61 Å². The molecule has 3 aromatic rings. The molecule has 8 nitrogen and oxygen atoms in total. The van der Waals surface area contributed by atoms with Gasteiger partial charge in [0.2, 0.25) is 5.88 Å². The van der Waals surface area contributed by atoms with Gasteiger partial charge in [0.25, 0.3) is 5.91 Å². The number of nitrogens with zero attached hydrogens (tertiary/aromatic N) is 3. The maximum atomic E-state index is 14.0. The van der Waals surface area contributed by atoms with Crippen molar-refractivity contribution in [1.82, 2.24) is 20.1 Å². The van der Waals surface area contributed by atoms with E-state index < -0.39 is 30.3 Å². The highest BCUT2D eigenvalue weighted by molar-refractivity contribution is 5.98. The van der Waals surface area contributed by atoms with Crippen LogP contribution in [-0.2, 0) is 18.0 Å². The topological polar surface area (TPSA) is 119 Å². The lowest BCUT2D eigenvalue weighted by atomic mass is 10.0. The minimum Gasteiger partial charge on any atom is -0.467 e. The van der Waals surface area contributed by atoms with Gasteiger partial charge < -0.3 is 21.2 Å². The number of nitrogens with one attached hydrogen (secondary N) is 2. The van der Waals surface area contributed by atoms with E-state index in [1.807, 2.05) is 0 Å². The maximum absolute atomic E-state index is 14.0. The van der Waals surface area contributed by atoms with Crippen LogP contribution in [0, 0.1) is 5.41 Å². The summed E-state index contributed by atoms with van der Waals surface area (Å²) in [6, 6.07) is 8.70. The number of ether oxygens (including phenoxy) is 1. The van der Waals surface area contributed by atoms with Gasteiger partial charge in [-0.25, -0.2) is 4.68 Å². The molecule has 0 saturated carbocycles. The number of carbonyl (C=O) groups excluding carboxylic acids is 1. The minimum atomic E-state index is -4.71. The molecule has 0 aliphatic rings. The van der Waals surface area contributed by atoms with E-state index in [9.17, 15) is 18.0 Å². The van der Waals surface area contributed by atoms with E-state index in [1.165, 1.54) is 11.7 Å². The third-order valence-corrected chi connectivity index (χ3v) is 5.11. The molecule has 0 saturated heterocycles. The highest BCUT2D eigenvalue weighted by Gasteiger charge is 2.36. The number of aromatic nitrogens is 3. The molecule has 0 spiro atoms. The normalized spacial score (nSPS) is 13.4. The summed E-state index contributed by atoms with van der Waals surface area (Å²) in [6.07, 6.45) is -4.71. The molecule has 0 unspecified atom stereocenters. The van der Waals surface area contributed by atoms with Gasteiger partial charge in [0.05, 0.1) is 17.0 Å². The van der Waals surface area contributed by atoms with Gasteiger partial charge in [0, 0.05) is 35.7 Å². The molecule has 11 heteroatoms. The third-order valence-electron chi connectivity index (χ3n) is 5.11. The number of nitrogens with two attached hydrogens (primary N) is 1. The second kappa shape index (κ2) is 9.54. The molecule has 180 valence electrons. The Bertz CT molecular complexity index is 1260. The van der Waals surface area contributed by atoms with Crippen molar-refractivity contribution in [3.05, 3.63) is 53.2 Å². The Morgan fingerprint density at radius 3 is 2.47 bits per heavy atom. The Morgan fingerprint density at radius 1 is 1.26 bits per heavy atom. The minimum absolute atomic E-state index is 0.0270. The number of hydrogen-bond donors (Lipinski definition) is 3. The molecule has 3 rings (SSSR count). The zero-order chi connectivity index (χ0) is 25.2. The summed E-state index contributed by atoms with van der Waals surface area (Å²) in [4.78, 5) is 16.5. The second-order valence-electron chi connectivity index (χ2n) is 7.84. The summed E-state index contributed by atoms with van der Waals surface area (Å²) < 4.78 is 48.5. The molecule has 1 aromatic carbocycles. The van der Waals surface area contributed by atoms with Crippen LogP contribution in [0.25, 0.3) is 22.3 Å². The van der Waals surface area contributed by atoms with Gasteiger partial charge in [-0.2, -0.15) is 23.3 Å². The third kappa shape index (κ3) is 5.19. The Hall–Kier alpha value is -3.89. The number of amides is 1. The van der Waals surface area contributed by atoms with E-state index in [2.05, 4.69) is 15.4 Å². The Morgan fingerprint density at radius 2 is 1.91 bits per heavy atom. The van der Waals surface area contributed by atoms with E-state index in [0.29, 0.717) is 16.8 Å². The SMILES string of the molecule is CC(=N)C(=C(C)N)[C@H](C)NC(=O)COc1cc(C(F)(F)F)c2c(-c3ccccc3)nn(C)c2n1. The Balaban J connectivity index is 1.91. The largest absolute Gasteiger partial charge is 0.467 e. The number of rotatable bonds is 7. The first-order valence-electron chi connectivity index (χ1n) is 10.3. The standard InChI is InChI=1S/C23H25F3N6O2/c1-12(27)19(13(2)28)14(3)29-17(33)11-34-18-10-16(23(24,25)26)20-21(15-8-6-5-7-9-15)31-32(4)22(20)30-18/h5-10,14,27H,11,28H2,1-4H3,(H,29,33)/t14-/m0/s1. The Kier molecular flexibility index (Phi) is 6.94. The van der Waals surface area contributed by atoms with Gasteiger partial charge in [0.1, 0.15) is 5.69 Å². The first-order valence-corrected chi connectivity index (χ1v) is 10.3. The molecule has 1 amide bonds. The first-order chi connectivity index (χ1) is 15.9. The van der Waals surface area contributed by atoms with Gasteiger partial charge in [-0.3, -0.25) is 4.79 Å². The Labute approximate surface area is 194 Å². The van der Waals surface area contributed by atoms with E-state index >= 15 is 0 Å². The van der Waals surface area contributed by atoms with Crippen LogP contribution < -0.4 is 15.8 Å². The second-order valence-corrected chi connectivity index (χ2v) is 7.84. The van der Waals surface area contributed by atoms with Gasteiger partial charge in [-0.1, -0.05) is 30.3 Å². The van der Waals surface area contributed by atoms with Crippen LogP contribution in [0.4, 0.5) is 13.2 Å². The first kappa shape index (κ1) is 24.7. The molecule has 0 aliphatic heterocycles. The number of fused-ring (bicyclic) bond motifs is 1. The highest BCUT2D eigenvalue weighted by Crippen LogP contribution is 2.40. The lowest BCUT2D eigenvalue weighted by Crippen LogP contribution is -2.39. The van der Waals surface area contributed by atoms with Crippen LogP contribution in [0.2, 0.25) is 0 Å². The summed E-state index contributed by atoms with van der Waals surface area (Å²) in [5, 5.41) is 14.5. The van der Waals surface area contributed by atoms with E-state index in [1.54, 1.807) is 51.1 Å². The summed E-state index contributed by atoms with van der Waals surface area (Å²) in [5.41, 5.74) is 6.49. The molecule has 0 fully saturated rings. The molecule has 0 bridgehead atoms. The summed E-state index contributed by atoms with van der Waals surface area (Å²) >= 11 is 0. The van der Waals surface area contributed by atoms with Crippen LogP contribution in [0.15, 0.2) is 47.7 Å². The quantitative estimate of drug-likeness (QED) is 0.450. The van der Waals surface area contributed by atoms with Crippen molar-refractivity contribution >= 4 is 22.7 Å². The fourth-order valence-electron chi connectivity index (χ4n) is 3.78. The van der Waals surface area contributed by atoms with Crippen molar-refractivity contribution in [3.8, 4) is 17.1 Å². The highest BCUT2D eigenvalue weighted by atomic mass is 19.4. The number of benzene rings is 1. The summed E-state index contributed by atoms with van der Waals surface area (Å²) in [7, 11) is 1.49. The van der Waals surface area contributed by atoms with Gasteiger partial charge >= 0.3 is 6.18 Å². The number of aryl methyl sites for hydroxylation is 1. The van der Waals surface area contributed by atoms with E-state index in [-0.39, 0.29) is 28.3 Å². The molecule has 0 radical (unpaired) electrons. The van der Waals surface area contributed by atoms with Crippen LogP contribution in [0.3, 0.4) is 0 Å². The van der Waals surface area contributed by atoms with Crippen molar-refractivity contribution in [2.45, 2.75) is 33.0 Å². The predicted octanol–water partition coefficient (Wildman–Crippen LogP) is 3.81. The smallest absolute Gasteiger partial charge is 0.417 e. The van der Waals surface area contributed by atoms with Crippen molar-refractivity contribution in [3.63, 3.8) is 0 Å².